The van der Waals surface area contributed by atoms with Crippen molar-refractivity contribution in [3.8, 4) is 0 Å². The molecule has 0 amide bonds. The lowest BCUT2D eigenvalue weighted by molar-refractivity contribution is 0.0181. The van der Waals surface area contributed by atoms with E-state index in [1.807, 2.05) is 45.0 Å². The summed E-state index contributed by atoms with van der Waals surface area (Å²) in [5, 5.41) is 10.9. The van der Waals surface area contributed by atoms with Crippen molar-refractivity contribution in [1.29, 1.82) is 0 Å². The number of carbonyl (C=O) groups is 4. The van der Waals surface area contributed by atoms with Gasteiger partial charge in [-0.3, -0.25) is 14.7 Å². The molecule has 4 aromatic carbocycles. The Morgan fingerprint density at radius 1 is 0.522 bits per heavy atom. The van der Waals surface area contributed by atoms with Gasteiger partial charge in [0.2, 0.25) is 0 Å². The maximum Gasteiger partial charge on any atom is 0.338 e. The number of benzene rings is 4. The fourth-order valence-corrected chi connectivity index (χ4v) is 10.8. The topological polar surface area (TPSA) is 148 Å². The number of alkyl halides is 1. The van der Waals surface area contributed by atoms with Crippen LogP contribution in [0.4, 0.5) is 4.39 Å². The monoisotopic (exact) mass is 946 g/mol. The third-order valence-electron chi connectivity index (χ3n) is 15.2. The highest BCUT2D eigenvalue weighted by atomic mass is 19.1. The highest BCUT2D eigenvalue weighted by molar-refractivity contribution is 5.95. The van der Waals surface area contributed by atoms with Crippen LogP contribution >= 0.6 is 0 Å². The first-order chi connectivity index (χ1) is 33.3. The van der Waals surface area contributed by atoms with Gasteiger partial charge in [-0.15, -0.1) is 0 Å². The number of carbonyl (C=O) groups excluding carboxylic acids is 4. The number of halogens is 1. The molecule has 3 atom stereocenters. The third-order valence-corrected chi connectivity index (χ3v) is 15.2. The molecule has 69 heavy (non-hydrogen) atoms. The van der Waals surface area contributed by atoms with Gasteiger partial charge in [0, 0.05) is 107 Å². The molecule has 10 rings (SSSR count). The summed E-state index contributed by atoms with van der Waals surface area (Å²) in [6.45, 7) is 21.4. The van der Waals surface area contributed by atoms with E-state index < -0.39 is 12.3 Å². The SMILES string of the molecule is CCOC(CN1CCN(CCc2ccc3c(c2C)COC3=O)CC1)c1ccc2c(c1C)COC2=O.Cc1c(C(O)CN2CCN(CC(F)c3ccc4c(c3C)COC4=O)CC2)ccc2c1COC2=O. The van der Waals surface area contributed by atoms with Crippen molar-refractivity contribution >= 4 is 23.9 Å². The van der Waals surface area contributed by atoms with Crippen molar-refractivity contribution < 1.29 is 52.4 Å². The third kappa shape index (κ3) is 10.1. The molecule has 2 saturated heterocycles. The molecule has 366 valence electrons. The number of aliphatic hydroxyl groups is 1. The predicted octanol–water partition coefficient (Wildman–Crippen LogP) is 6.59. The molecule has 0 bridgehead atoms. The largest absolute Gasteiger partial charge is 0.457 e. The van der Waals surface area contributed by atoms with E-state index in [-0.39, 0.29) is 43.2 Å². The van der Waals surface area contributed by atoms with Crippen molar-refractivity contribution in [2.75, 3.05) is 85.1 Å². The molecule has 0 aromatic heterocycles. The Morgan fingerprint density at radius 3 is 1.42 bits per heavy atom. The fraction of sp³-hybridized carbons (Fsp3) is 0.481. The van der Waals surface area contributed by atoms with Gasteiger partial charge in [-0.05, 0) is 110 Å². The number of hydrogen-bond acceptors (Lipinski definition) is 14. The normalized spacial score (nSPS) is 19.4. The lowest BCUT2D eigenvalue weighted by atomic mass is 9.95. The summed E-state index contributed by atoms with van der Waals surface area (Å²) < 4.78 is 42.0. The van der Waals surface area contributed by atoms with Crippen molar-refractivity contribution in [3.63, 3.8) is 0 Å². The summed E-state index contributed by atoms with van der Waals surface area (Å²) in [7, 11) is 0. The van der Waals surface area contributed by atoms with Crippen LogP contribution in [-0.4, -0.2) is 134 Å². The number of cyclic esters (lactones) is 4. The molecule has 4 aromatic rings. The van der Waals surface area contributed by atoms with E-state index in [1.165, 1.54) is 11.1 Å². The van der Waals surface area contributed by atoms with Gasteiger partial charge in [-0.2, -0.15) is 0 Å². The second kappa shape index (κ2) is 20.8. The zero-order valence-corrected chi connectivity index (χ0v) is 40.4. The Bertz CT molecular complexity index is 2550. The van der Waals surface area contributed by atoms with Gasteiger partial charge in [-0.25, -0.2) is 23.6 Å². The standard InChI is InChI=1S/C28H34N2O5.C26H29FN2O5/c1-4-33-26(21-7-8-23-25(19(21)3)17-35-28(23)32)15-30-13-11-29(12-14-30)10-9-20-5-6-22-24(18(20)2)16-34-27(22)31;1-15-17(3-5-19-21(15)13-33-25(19)31)23(27)11-28-7-9-29(10-8-28)12-24(30)18-4-6-20-22(16(18)2)14-34-26(20)32/h5-8,26H,4,9-17H2,1-3H3;3-6,23-24,30H,7-14H2,1-2H3. The average Bonchev–Trinajstić information content (AvgIpc) is 4.14. The summed E-state index contributed by atoms with van der Waals surface area (Å²) in [6, 6.07) is 14.8. The van der Waals surface area contributed by atoms with Crippen molar-refractivity contribution in [2.45, 2.75) is 85.8 Å². The van der Waals surface area contributed by atoms with Crippen LogP contribution in [0.2, 0.25) is 0 Å². The number of nitrogens with zero attached hydrogens (tertiary/aromatic N) is 4. The first kappa shape index (κ1) is 48.5. The summed E-state index contributed by atoms with van der Waals surface area (Å²) in [5.41, 5.74) is 14.1. The molecular weight excluding hydrogens is 884 g/mol. The van der Waals surface area contributed by atoms with Gasteiger partial charge in [0.25, 0.3) is 0 Å². The van der Waals surface area contributed by atoms with Crippen molar-refractivity contribution in [3.05, 3.63) is 138 Å². The summed E-state index contributed by atoms with van der Waals surface area (Å²) >= 11 is 0. The van der Waals surface area contributed by atoms with Gasteiger partial charge in [-0.1, -0.05) is 24.3 Å². The Hall–Kier alpha value is -5.55. The smallest absolute Gasteiger partial charge is 0.338 e. The first-order valence-electron chi connectivity index (χ1n) is 24.3. The molecule has 0 saturated carbocycles. The maximum absolute atomic E-state index is 15.2. The van der Waals surface area contributed by atoms with Crippen LogP contribution in [0.3, 0.4) is 0 Å². The molecule has 0 radical (unpaired) electrons. The van der Waals surface area contributed by atoms with E-state index in [0.29, 0.717) is 68.3 Å². The van der Waals surface area contributed by atoms with E-state index in [0.717, 1.165) is 114 Å². The van der Waals surface area contributed by atoms with Gasteiger partial charge >= 0.3 is 23.9 Å². The number of β-amino-alcohol motifs (C(OH)–C–C–N with tert-alkyl or cyclic N) is 1. The fourth-order valence-electron chi connectivity index (χ4n) is 10.8. The molecule has 1 N–H and O–H groups in total. The molecule has 6 aliphatic rings. The molecule has 3 unspecified atom stereocenters. The maximum atomic E-state index is 15.2. The Balaban J connectivity index is 0.000000172. The minimum atomic E-state index is -1.14. The second-order valence-corrected chi connectivity index (χ2v) is 19.0. The molecule has 2 fully saturated rings. The zero-order chi connectivity index (χ0) is 48.5. The molecule has 0 aliphatic carbocycles. The molecule has 15 heteroatoms. The summed E-state index contributed by atoms with van der Waals surface area (Å²) in [6.07, 6.45) is -0.853. The van der Waals surface area contributed by atoms with Crippen LogP contribution in [0.1, 0.15) is 133 Å². The molecular formula is C54H63FN4O10. The minimum absolute atomic E-state index is 0.0217. The van der Waals surface area contributed by atoms with E-state index >= 15 is 4.39 Å². The van der Waals surface area contributed by atoms with Crippen LogP contribution in [0, 0.1) is 27.7 Å². The molecule has 6 aliphatic heterocycles. The zero-order valence-electron chi connectivity index (χ0n) is 40.4. The Labute approximate surface area is 403 Å². The van der Waals surface area contributed by atoms with Crippen molar-refractivity contribution in [1.82, 2.24) is 19.6 Å². The summed E-state index contributed by atoms with van der Waals surface area (Å²) in [5.74, 6) is -1.07. The number of aliphatic hydroxyl groups excluding tert-OH is 1. The van der Waals surface area contributed by atoms with Gasteiger partial charge in [0.1, 0.15) is 32.6 Å². The quantitative estimate of drug-likeness (QED) is 0.107. The highest BCUT2D eigenvalue weighted by Gasteiger charge is 2.32. The second-order valence-electron chi connectivity index (χ2n) is 19.0. The number of esters is 4. The number of ether oxygens (including phenoxy) is 5. The van der Waals surface area contributed by atoms with E-state index in [9.17, 15) is 24.3 Å². The molecule has 6 heterocycles. The lowest BCUT2D eigenvalue weighted by Crippen LogP contribution is -2.48. The van der Waals surface area contributed by atoms with Crippen LogP contribution in [-0.2, 0) is 56.5 Å². The van der Waals surface area contributed by atoms with E-state index in [2.05, 4.69) is 39.5 Å². The first-order valence-corrected chi connectivity index (χ1v) is 24.3. The molecule has 14 nitrogen and oxygen atoms in total. The lowest BCUT2D eigenvalue weighted by Gasteiger charge is -2.36. The predicted molar refractivity (Wildman–Crippen MR) is 254 cm³/mol. The Kier molecular flexibility index (Phi) is 14.6. The van der Waals surface area contributed by atoms with Crippen LogP contribution in [0.15, 0.2) is 48.5 Å². The number of hydrogen-bond donors (Lipinski definition) is 1. The molecule has 0 spiro atoms. The van der Waals surface area contributed by atoms with Gasteiger partial charge < -0.3 is 33.7 Å². The number of fused-ring (bicyclic) bond motifs is 4. The average molecular weight is 947 g/mol. The van der Waals surface area contributed by atoms with Gasteiger partial charge in [0.15, 0.2) is 0 Å². The van der Waals surface area contributed by atoms with Crippen molar-refractivity contribution in [2.24, 2.45) is 0 Å². The minimum Gasteiger partial charge on any atom is -0.457 e. The number of rotatable bonds is 14. The highest BCUT2D eigenvalue weighted by Crippen LogP contribution is 2.34. The van der Waals surface area contributed by atoms with E-state index in [1.54, 1.807) is 18.2 Å². The summed E-state index contributed by atoms with van der Waals surface area (Å²) in [4.78, 5) is 56.5. The van der Waals surface area contributed by atoms with Crippen LogP contribution < -0.4 is 0 Å². The van der Waals surface area contributed by atoms with Crippen LogP contribution in [0.5, 0.6) is 0 Å². The van der Waals surface area contributed by atoms with Crippen LogP contribution in [0.25, 0.3) is 0 Å². The Morgan fingerprint density at radius 2 is 0.913 bits per heavy atom. The van der Waals surface area contributed by atoms with E-state index in [4.69, 9.17) is 23.7 Å². The van der Waals surface area contributed by atoms with Gasteiger partial charge in [0.05, 0.1) is 34.5 Å². The number of piperazine rings is 2.